The molecular weight excluding hydrogens is 386 g/mol. The van der Waals surface area contributed by atoms with E-state index in [1.807, 2.05) is 24.3 Å². The zero-order chi connectivity index (χ0) is 20.9. The largest absolute Gasteiger partial charge is 0.371 e. The highest BCUT2D eigenvalue weighted by atomic mass is 19.3. The van der Waals surface area contributed by atoms with Crippen molar-refractivity contribution in [2.45, 2.75) is 31.2 Å². The number of carbonyl (C=O) groups is 2. The molecule has 4 aliphatic heterocycles. The van der Waals surface area contributed by atoms with Gasteiger partial charge < -0.3 is 4.90 Å². The van der Waals surface area contributed by atoms with Crippen LogP contribution >= 0.6 is 0 Å². The first-order valence-corrected chi connectivity index (χ1v) is 10.3. The van der Waals surface area contributed by atoms with Crippen molar-refractivity contribution in [3.63, 3.8) is 0 Å². The lowest BCUT2D eigenvalue weighted by atomic mass is 9.83. The summed E-state index contributed by atoms with van der Waals surface area (Å²) in [6, 6.07) is 12.2. The fraction of sp³-hybridized carbons (Fsp3) is 0.333. The van der Waals surface area contributed by atoms with Gasteiger partial charge in [0.05, 0.1) is 5.56 Å². The summed E-state index contributed by atoms with van der Waals surface area (Å²) in [5.41, 5.74) is 1.82. The molecule has 2 unspecified atom stereocenters. The van der Waals surface area contributed by atoms with Crippen molar-refractivity contribution in [1.82, 2.24) is 0 Å². The van der Waals surface area contributed by atoms with E-state index in [9.17, 15) is 9.59 Å². The number of hydrogen-bond acceptors (Lipinski definition) is 3. The average molecular weight is 407 g/mol. The lowest BCUT2D eigenvalue weighted by molar-refractivity contribution is -0.678. The molecule has 152 valence electrons. The molecule has 0 radical (unpaired) electrons. The molecule has 6 heteroatoms. The normalized spacial score (nSPS) is 30.6. The molecule has 4 heterocycles. The van der Waals surface area contributed by atoms with E-state index in [-0.39, 0.29) is 28.3 Å². The van der Waals surface area contributed by atoms with Crippen molar-refractivity contribution in [3.05, 3.63) is 64.7 Å². The molecule has 2 fully saturated rings. The van der Waals surface area contributed by atoms with Crippen LogP contribution in [0.1, 0.15) is 46.8 Å². The van der Waals surface area contributed by atoms with Crippen molar-refractivity contribution in [2.24, 2.45) is 0 Å². The molecule has 6 rings (SSSR count). The number of carbonyl (C=O) groups excluding carboxylic acids is 2. The third-order valence-electron chi connectivity index (χ3n) is 7.51. The Labute approximate surface area is 173 Å². The van der Waals surface area contributed by atoms with Gasteiger partial charge in [0.2, 0.25) is 5.54 Å². The van der Waals surface area contributed by atoms with Gasteiger partial charge in [0.15, 0.2) is 6.54 Å². The van der Waals surface area contributed by atoms with Gasteiger partial charge in [0, 0.05) is 55.7 Å². The maximum absolute atomic E-state index is 15.5. The first-order chi connectivity index (χ1) is 14.3. The van der Waals surface area contributed by atoms with Crippen molar-refractivity contribution in [1.29, 1.82) is 0 Å². The molecule has 0 aromatic heterocycles. The minimum atomic E-state index is -3.08. The Bertz CT molecular complexity index is 1180. The number of rotatable bonds is 1. The Balaban J connectivity index is 1.52. The number of alkyl halides is 2. The summed E-state index contributed by atoms with van der Waals surface area (Å²) < 4.78 is 30.7. The third-order valence-corrected chi connectivity index (χ3v) is 7.51. The van der Waals surface area contributed by atoms with Gasteiger partial charge in [-0.1, -0.05) is 24.3 Å². The van der Waals surface area contributed by atoms with Crippen LogP contribution < -0.4 is 4.90 Å². The number of hydrogen-bond donors (Lipinski definition) is 0. The van der Waals surface area contributed by atoms with Crippen LogP contribution in [0.5, 0.6) is 0 Å². The Morgan fingerprint density at radius 1 is 1.00 bits per heavy atom. The van der Waals surface area contributed by atoms with Crippen molar-refractivity contribution < 1.29 is 22.9 Å². The molecule has 1 spiro atoms. The van der Waals surface area contributed by atoms with Gasteiger partial charge in [-0.3, -0.25) is 4.79 Å². The summed E-state index contributed by atoms with van der Waals surface area (Å²) in [6.45, 7) is 2.87. The summed E-state index contributed by atoms with van der Waals surface area (Å²) in [5, 5.41) is 0. The first-order valence-electron chi connectivity index (χ1n) is 10.3. The molecule has 30 heavy (non-hydrogen) atoms. The predicted molar refractivity (Wildman–Crippen MR) is 109 cm³/mol. The van der Waals surface area contributed by atoms with Crippen LogP contribution in [-0.2, 0) is 10.7 Å². The number of benzene rings is 2. The van der Waals surface area contributed by atoms with Crippen LogP contribution in [0.25, 0.3) is 11.8 Å². The number of amides is 1. The molecule has 0 aliphatic carbocycles. The van der Waals surface area contributed by atoms with E-state index in [4.69, 9.17) is 0 Å². The maximum atomic E-state index is 15.5. The zero-order valence-corrected chi connectivity index (χ0v) is 16.6. The van der Waals surface area contributed by atoms with Crippen LogP contribution in [0, 0.1) is 0 Å². The van der Waals surface area contributed by atoms with Crippen LogP contribution in [0.3, 0.4) is 0 Å². The van der Waals surface area contributed by atoms with Crippen LogP contribution in [0.4, 0.5) is 14.5 Å². The van der Waals surface area contributed by atoms with E-state index in [1.54, 1.807) is 18.2 Å². The predicted octanol–water partition coefficient (Wildman–Crippen LogP) is 4.20. The summed E-state index contributed by atoms with van der Waals surface area (Å²) in [7, 11) is 0. The second-order valence-corrected chi connectivity index (χ2v) is 8.99. The van der Waals surface area contributed by atoms with Gasteiger partial charge in [-0.25, -0.2) is 9.28 Å². The van der Waals surface area contributed by atoms with Crippen molar-refractivity contribution in [3.8, 4) is 0 Å². The second kappa shape index (κ2) is 5.43. The van der Waals surface area contributed by atoms with Crippen LogP contribution in [-0.4, -0.2) is 41.3 Å². The van der Waals surface area contributed by atoms with E-state index in [0.717, 1.165) is 11.3 Å². The highest BCUT2D eigenvalue weighted by molar-refractivity contribution is 6.05. The Hall–Kier alpha value is -2.86. The monoisotopic (exact) mass is 407 g/mol. The number of Topliss-reactive ketones (excluding diaryl/α,β-unsaturated/α-hetero) is 1. The minimum absolute atomic E-state index is 0.0101. The number of nitrogens with zero attached hydrogens (tertiary/aromatic N) is 2. The van der Waals surface area contributed by atoms with Gasteiger partial charge in [0.25, 0.3) is 0 Å². The fourth-order valence-corrected chi connectivity index (χ4v) is 5.61. The molecule has 0 N–H and O–H groups in total. The summed E-state index contributed by atoms with van der Waals surface area (Å²) in [6.07, 6.45) is 2.91. The summed E-state index contributed by atoms with van der Waals surface area (Å²) in [4.78, 5) is 27.4. The van der Waals surface area contributed by atoms with Gasteiger partial charge in [-0.15, -0.1) is 0 Å². The van der Waals surface area contributed by atoms with Crippen LogP contribution in [0.15, 0.2) is 42.5 Å². The smallest absolute Gasteiger partial charge is 0.352 e. The average Bonchev–Trinajstić information content (AvgIpc) is 3.40. The Kier molecular flexibility index (Phi) is 3.25. The minimum Gasteiger partial charge on any atom is -0.371 e. The Morgan fingerprint density at radius 3 is 2.50 bits per heavy atom. The van der Waals surface area contributed by atoms with Gasteiger partial charge in [-0.2, -0.15) is 8.78 Å². The number of halogens is 2. The van der Waals surface area contributed by atoms with E-state index in [0.29, 0.717) is 42.8 Å². The SMILES string of the molecule is CC12C[N+]13C(=O)c1cc(N4CCC(=O)CC4)ccc1C=C3c1ccccc1C2(F)F. The van der Waals surface area contributed by atoms with Crippen molar-refractivity contribution >= 4 is 29.2 Å². The molecule has 2 saturated heterocycles. The number of quaternary nitrogens is 1. The molecule has 1 amide bonds. The van der Waals surface area contributed by atoms with Gasteiger partial charge >= 0.3 is 11.8 Å². The molecule has 4 aliphatic rings. The van der Waals surface area contributed by atoms with Gasteiger partial charge in [-0.05, 0) is 23.8 Å². The maximum Gasteiger partial charge on any atom is 0.352 e. The highest BCUT2D eigenvalue weighted by Crippen LogP contribution is 2.68. The zero-order valence-electron chi connectivity index (χ0n) is 16.6. The highest BCUT2D eigenvalue weighted by Gasteiger charge is 2.87. The van der Waals surface area contributed by atoms with Gasteiger partial charge in [0.1, 0.15) is 11.5 Å². The lowest BCUT2D eigenvalue weighted by Gasteiger charge is -2.37. The van der Waals surface area contributed by atoms with E-state index in [1.165, 1.54) is 13.0 Å². The van der Waals surface area contributed by atoms with Crippen LogP contribution in [0.2, 0.25) is 0 Å². The lowest BCUT2D eigenvalue weighted by Crippen LogP contribution is -2.51. The summed E-state index contributed by atoms with van der Waals surface area (Å²) in [5.74, 6) is -3.09. The molecular formula is C24H21F2N2O2+. The number of fused-ring (bicyclic) bond motifs is 3. The number of anilines is 1. The fourth-order valence-electron chi connectivity index (χ4n) is 5.61. The standard InChI is InChI=1S/C24H21F2N2O2/c1-23-14-28(23)21(18-4-2-3-5-20(18)24(23,25)26)12-15-6-7-16(13-19(15)22(28)30)27-10-8-17(29)9-11-27/h2-7,12-13H,8-11,14H2,1H3/q+1. The van der Waals surface area contributed by atoms with Crippen molar-refractivity contribution in [2.75, 3.05) is 24.5 Å². The molecule has 4 nitrogen and oxygen atoms in total. The third kappa shape index (κ3) is 1.93. The number of piperidine rings is 1. The van der Waals surface area contributed by atoms with E-state index < -0.39 is 11.5 Å². The number of ketones is 1. The molecule has 2 atom stereocenters. The van der Waals surface area contributed by atoms with E-state index in [2.05, 4.69) is 4.90 Å². The summed E-state index contributed by atoms with van der Waals surface area (Å²) >= 11 is 0. The van der Waals surface area contributed by atoms with E-state index >= 15 is 8.78 Å². The molecule has 2 aromatic carbocycles. The second-order valence-electron chi connectivity index (χ2n) is 8.99. The Morgan fingerprint density at radius 2 is 1.73 bits per heavy atom. The topological polar surface area (TPSA) is 37.4 Å². The molecule has 0 bridgehead atoms. The first kappa shape index (κ1) is 18.0. The molecule has 2 aromatic rings. The molecule has 0 saturated carbocycles. The quantitative estimate of drug-likeness (QED) is 0.525.